The standard InChI is InChI=1S/C10H20N2O.C8H15NO.C8H16O2.C7H15NO2S.C7H11NS.C7H12O3/c1-10(2,3)9(13)12-7-5-11(4)6-8-12;1-8(2,3)7-6-9-4-5-10-7;1-8(2,3)7-9-5-4-6-10-7;1-7(2,3)8-5-4-6-11(8,9)10;1-7(2,3)6-8-4-5-9-6;1-7(2,3)6-9-4-5(8)10-6/h5-8H2,1-4H3;4,7H,5-6H2,1-3H3;7H,4-6H2,1-3H3;4-6H2,1-3H3;4-5H,1-3H3;6H,4H2,1-3H3. The zero-order valence-corrected chi connectivity index (χ0v) is 44.5. The number of carbonyl (C=O) groups excluding carboxylic acids is 2. The van der Waals surface area contributed by atoms with Gasteiger partial charge in [0, 0.05) is 77.7 Å². The van der Waals surface area contributed by atoms with Crippen LogP contribution in [0, 0.1) is 21.7 Å². The number of amides is 1. The van der Waals surface area contributed by atoms with Gasteiger partial charge in [-0.25, -0.2) is 18.2 Å². The number of aliphatic imine (C=N–C) groups is 1. The summed E-state index contributed by atoms with van der Waals surface area (Å²) in [5, 5.41) is 3.23. The third kappa shape index (κ3) is 23.3. The number of rotatable bonds is 0. The lowest BCUT2D eigenvalue weighted by molar-refractivity contribution is -0.224. The van der Waals surface area contributed by atoms with E-state index in [1.807, 2.05) is 85.0 Å². The molecule has 14 nitrogen and oxygen atoms in total. The van der Waals surface area contributed by atoms with E-state index in [9.17, 15) is 18.0 Å². The molecule has 0 saturated carbocycles. The second kappa shape index (κ2) is 25.2. The molecule has 0 aliphatic carbocycles. The molecule has 4 saturated heterocycles. The molecule has 63 heavy (non-hydrogen) atoms. The third-order valence-corrected chi connectivity index (χ3v) is 13.3. The molecule has 0 spiro atoms. The third-order valence-electron chi connectivity index (χ3n) is 9.92. The molecule has 0 N–H and O–H groups in total. The Hall–Kier alpha value is -2.05. The molecule has 4 fully saturated rings. The molecule has 16 heteroatoms. The minimum absolute atomic E-state index is 0.00116. The Morgan fingerprint density at radius 1 is 0.730 bits per heavy atom. The van der Waals surface area contributed by atoms with Crippen LogP contribution >= 0.6 is 11.3 Å². The fourth-order valence-electron chi connectivity index (χ4n) is 6.17. The predicted octanol–water partition coefficient (Wildman–Crippen LogP) is 8.30. The number of hydrogen-bond donors (Lipinski definition) is 0. The lowest BCUT2D eigenvalue weighted by Crippen LogP contribution is -2.50. The second-order valence-electron chi connectivity index (χ2n) is 22.9. The van der Waals surface area contributed by atoms with Crippen molar-refractivity contribution in [3.63, 3.8) is 0 Å². The van der Waals surface area contributed by atoms with Crippen LogP contribution in [0.5, 0.6) is 0 Å². The maximum atomic E-state index is 11.8. The summed E-state index contributed by atoms with van der Waals surface area (Å²) >= 11 is 1.72. The van der Waals surface area contributed by atoms with Gasteiger partial charge in [-0.1, -0.05) is 104 Å². The van der Waals surface area contributed by atoms with Crippen LogP contribution in [0.1, 0.15) is 142 Å². The summed E-state index contributed by atoms with van der Waals surface area (Å²) in [7, 11) is -0.815. The largest absolute Gasteiger partial charge is 0.433 e. The van der Waals surface area contributed by atoms with Crippen molar-refractivity contribution in [2.24, 2.45) is 26.7 Å². The summed E-state index contributed by atoms with van der Waals surface area (Å²) in [6.45, 7) is 44.8. The number of hydrogen-bond acceptors (Lipinski definition) is 13. The molecular formula is C47H89N5O9S2. The molecule has 5 aliphatic rings. The first kappa shape index (κ1) is 59.0. The number of likely N-dealkylation sites (N-methyl/N-ethyl adjacent to an activating group) is 1. The SMILES string of the molecule is CC(C)(C)C1CN=CCO1.CC(C)(C)C1OCC(=O)O1.CC(C)(C)C1OCCCO1.CC(C)(C)N1CCCS1(=O)=O.CC(C)(C)c1nccs1.CN1CCN(C(=O)C(C)(C)C)CC1. The molecule has 1 aromatic heterocycles. The van der Waals surface area contributed by atoms with Gasteiger partial charge in [-0.15, -0.1) is 11.3 Å². The maximum Gasteiger partial charge on any atom is 0.334 e. The second-order valence-corrected chi connectivity index (χ2v) is 25.8. The molecule has 1 amide bonds. The summed E-state index contributed by atoms with van der Waals surface area (Å²) < 4.78 is 50.5. The lowest BCUT2D eigenvalue weighted by atomic mass is 9.89. The van der Waals surface area contributed by atoms with E-state index in [4.69, 9.17) is 23.7 Å². The molecule has 6 rings (SSSR count). The number of sulfonamides is 1. The first-order valence-electron chi connectivity index (χ1n) is 22.6. The minimum atomic E-state index is -2.91. The highest BCUT2D eigenvalue weighted by Gasteiger charge is 2.37. The predicted molar refractivity (Wildman–Crippen MR) is 257 cm³/mol. The lowest BCUT2D eigenvalue weighted by Gasteiger charge is -2.36. The van der Waals surface area contributed by atoms with Gasteiger partial charge >= 0.3 is 5.97 Å². The van der Waals surface area contributed by atoms with Gasteiger partial charge in [0.1, 0.15) is 6.61 Å². The summed E-state index contributed by atoms with van der Waals surface area (Å²) in [6.07, 6.45) is 5.44. The fraction of sp³-hybridized carbons (Fsp3) is 0.872. The van der Waals surface area contributed by atoms with Crippen molar-refractivity contribution >= 4 is 39.5 Å². The average Bonchev–Trinajstić information content (AvgIpc) is 3.94. The maximum absolute atomic E-state index is 11.8. The Morgan fingerprint density at radius 2 is 1.29 bits per heavy atom. The highest BCUT2D eigenvalue weighted by Crippen LogP contribution is 2.28. The van der Waals surface area contributed by atoms with Gasteiger partial charge < -0.3 is 33.5 Å². The molecule has 0 radical (unpaired) electrons. The number of carbonyl (C=O) groups is 2. The van der Waals surface area contributed by atoms with Crippen molar-refractivity contribution in [1.82, 2.24) is 19.1 Å². The van der Waals surface area contributed by atoms with Gasteiger partial charge in [0.15, 0.2) is 6.29 Å². The highest BCUT2D eigenvalue weighted by molar-refractivity contribution is 7.89. The Labute approximate surface area is 387 Å². The Kier molecular flexibility index (Phi) is 23.6. The van der Waals surface area contributed by atoms with Crippen molar-refractivity contribution in [2.75, 3.05) is 78.5 Å². The van der Waals surface area contributed by atoms with Crippen molar-refractivity contribution < 1.29 is 41.7 Å². The zero-order valence-electron chi connectivity index (χ0n) is 42.9. The monoisotopic (exact) mass is 932 g/mol. The number of esters is 1. The summed E-state index contributed by atoms with van der Waals surface area (Å²) in [6, 6.07) is 0. The first-order valence-corrected chi connectivity index (χ1v) is 25.1. The van der Waals surface area contributed by atoms with Crippen molar-refractivity contribution in [3.05, 3.63) is 16.6 Å². The van der Waals surface area contributed by atoms with Crippen LogP contribution in [0.25, 0.3) is 0 Å². The molecule has 2 atom stereocenters. The van der Waals surface area contributed by atoms with Crippen LogP contribution < -0.4 is 0 Å². The van der Waals surface area contributed by atoms with Crippen LogP contribution in [0.3, 0.4) is 0 Å². The van der Waals surface area contributed by atoms with E-state index in [0.717, 1.165) is 58.8 Å². The number of cyclic esters (lactones) is 1. The van der Waals surface area contributed by atoms with Crippen LogP contribution in [0.2, 0.25) is 0 Å². The smallest absolute Gasteiger partial charge is 0.334 e. The number of nitrogens with zero attached hydrogens (tertiary/aromatic N) is 5. The van der Waals surface area contributed by atoms with E-state index in [-0.39, 0.29) is 63.7 Å². The molecule has 0 bridgehead atoms. The number of ether oxygens (including phenoxy) is 5. The van der Waals surface area contributed by atoms with Crippen molar-refractivity contribution in [2.45, 2.75) is 167 Å². The zero-order chi connectivity index (χ0) is 48.7. The summed E-state index contributed by atoms with van der Waals surface area (Å²) in [4.78, 5) is 35.0. The molecule has 0 aromatic carbocycles. The van der Waals surface area contributed by atoms with E-state index in [0.29, 0.717) is 25.0 Å². The van der Waals surface area contributed by atoms with Gasteiger partial charge in [0.05, 0.1) is 43.2 Å². The highest BCUT2D eigenvalue weighted by atomic mass is 32.2. The molecular weight excluding hydrogens is 843 g/mol. The molecule has 1 aromatic rings. The average molecular weight is 932 g/mol. The van der Waals surface area contributed by atoms with E-state index < -0.39 is 10.0 Å². The fourth-order valence-corrected chi connectivity index (χ4v) is 8.86. The van der Waals surface area contributed by atoms with Gasteiger partial charge in [0.2, 0.25) is 22.2 Å². The van der Waals surface area contributed by atoms with E-state index >= 15 is 0 Å². The molecule has 6 heterocycles. The Morgan fingerprint density at radius 3 is 1.56 bits per heavy atom. The Balaban J connectivity index is 0.000000379. The topological polar surface area (TPSA) is 149 Å². The van der Waals surface area contributed by atoms with Crippen LogP contribution in [-0.2, 0) is 48.7 Å². The Bertz CT molecular complexity index is 1580. The van der Waals surface area contributed by atoms with Gasteiger partial charge in [0.25, 0.3) is 0 Å². The van der Waals surface area contributed by atoms with Crippen molar-refractivity contribution in [1.29, 1.82) is 0 Å². The molecule has 368 valence electrons. The quantitative estimate of drug-likeness (QED) is 0.231. The van der Waals surface area contributed by atoms with Crippen LogP contribution in [0.15, 0.2) is 16.6 Å². The first-order chi connectivity index (χ1) is 28.6. The minimum Gasteiger partial charge on any atom is -0.433 e. The number of piperazine rings is 1. The van der Waals surface area contributed by atoms with Gasteiger partial charge in [-0.3, -0.25) is 9.79 Å². The summed E-state index contributed by atoms with van der Waals surface area (Å²) in [5.41, 5.74) is 0.0176. The van der Waals surface area contributed by atoms with E-state index in [1.54, 1.807) is 15.6 Å². The van der Waals surface area contributed by atoms with E-state index in [1.165, 1.54) is 5.01 Å². The van der Waals surface area contributed by atoms with Gasteiger partial charge in [-0.2, -0.15) is 4.31 Å². The van der Waals surface area contributed by atoms with Crippen LogP contribution in [0.4, 0.5) is 0 Å². The number of aromatic nitrogens is 1. The van der Waals surface area contributed by atoms with Crippen LogP contribution in [-0.4, -0.2) is 148 Å². The van der Waals surface area contributed by atoms with Gasteiger partial charge in [-0.05, 0) is 46.1 Å². The number of thiazole rings is 1. The van der Waals surface area contributed by atoms with Crippen molar-refractivity contribution in [3.8, 4) is 0 Å². The molecule has 5 aliphatic heterocycles. The van der Waals surface area contributed by atoms with E-state index in [2.05, 4.69) is 84.2 Å². The molecule has 2 unspecified atom stereocenters. The summed E-state index contributed by atoms with van der Waals surface area (Å²) in [5.74, 6) is 0.338. The normalized spacial score (nSPS) is 22.6.